The van der Waals surface area contributed by atoms with E-state index in [1.807, 2.05) is 0 Å². The lowest BCUT2D eigenvalue weighted by atomic mass is 9.87. The predicted octanol–water partition coefficient (Wildman–Crippen LogP) is 11.7. The molecule has 0 aliphatic heterocycles. The third-order valence-electron chi connectivity index (χ3n) is 9.31. The zero-order valence-corrected chi connectivity index (χ0v) is 30.8. The zero-order chi connectivity index (χ0) is 33.8. The highest BCUT2D eigenvalue weighted by Gasteiger charge is 2.36. The highest BCUT2D eigenvalue weighted by Crippen LogP contribution is 2.23. The minimum absolute atomic E-state index is 0.259. The molecule has 0 saturated carbocycles. The van der Waals surface area contributed by atoms with E-state index in [9.17, 15) is 9.59 Å². The molecule has 4 N–H and O–H groups in total. The summed E-state index contributed by atoms with van der Waals surface area (Å²) in [4.78, 5) is 35.0. The van der Waals surface area contributed by atoms with Crippen molar-refractivity contribution in [2.45, 2.75) is 225 Å². The van der Waals surface area contributed by atoms with Crippen LogP contribution in [0.2, 0.25) is 0 Å². The molecule has 0 aliphatic carbocycles. The van der Waals surface area contributed by atoms with Crippen LogP contribution in [0.15, 0.2) is 12.2 Å². The standard InChI is InChI=1S/C40H78N2O4/c1-3-5-7-9-11-13-15-17-19-20-22-24-26-28-30-34-38(43)45-46-39(44)40(42,36-32-33-37-41)35-31-29-27-25-23-21-18-16-14-12-10-8-6-4-2/h17,19H,3-16,18,20-37,41-42H2,1-2H3/b19-17-. The Morgan fingerprint density at radius 3 is 1.30 bits per heavy atom. The largest absolute Gasteiger partial charge is 0.375 e. The topological polar surface area (TPSA) is 105 Å². The highest BCUT2D eigenvalue weighted by atomic mass is 17.2. The van der Waals surface area contributed by atoms with Gasteiger partial charge in [-0.15, -0.1) is 0 Å². The maximum atomic E-state index is 12.9. The van der Waals surface area contributed by atoms with Crippen LogP contribution in [0, 0.1) is 0 Å². The highest BCUT2D eigenvalue weighted by molar-refractivity contribution is 5.81. The van der Waals surface area contributed by atoms with E-state index in [1.165, 1.54) is 128 Å². The van der Waals surface area contributed by atoms with Crippen LogP contribution in [0.25, 0.3) is 0 Å². The molecule has 0 aromatic carbocycles. The van der Waals surface area contributed by atoms with Crippen LogP contribution in [0.3, 0.4) is 0 Å². The number of carbonyl (C=O) groups excluding carboxylic acids is 2. The smallest absolute Gasteiger partial charge is 0.330 e. The van der Waals surface area contributed by atoms with Gasteiger partial charge in [-0.1, -0.05) is 167 Å². The second kappa shape index (κ2) is 34.9. The molecule has 0 radical (unpaired) electrons. The summed E-state index contributed by atoms with van der Waals surface area (Å²) in [6.45, 7) is 5.09. The van der Waals surface area contributed by atoms with Gasteiger partial charge in [-0.05, 0) is 64.3 Å². The van der Waals surface area contributed by atoms with Crippen molar-refractivity contribution in [1.82, 2.24) is 0 Å². The number of hydrogen-bond acceptors (Lipinski definition) is 6. The summed E-state index contributed by atoms with van der Waals surface area (Å²) < 4.78 is 0. The van der Waals surface area contributed by atoms with E-state index in [1.54, 1.807) is 0 Å². The average Bonchev–Trinajstić information content (AvgIpc) is 3.05. The van der Waals surface area contributed by atoms with Crippen molar-refractivity contribution in [2.75, 3.05) is 6.54 Å². The molecule has 0 aromatic heterocycles. The zero-order valence-electron chi connectivity index (χ0n) is 30.8. The third-order valence-corrected chi connectivity index (χ3v) is 9.31. The van der Waals surface area contributed by atoms with E-state index in [4.69, 9.17) is 21.2 Å². The molecule has 0 saturated heterocycles. The van der Waals surface area contributed by atoms with Crippen LogP contribution in [-0.2, 0) is 19.4 Å². The van der Waals surface area contributed by atoms with Gasteiger partial charge in [0.05, 0.1) is 6.42 Å². The SMILES string of the molecule is CCCCCCCC/C=C\CCCCCCCC(=O)OOC(=O)C(N)(CCCCN)CCCCCCCCCCCCCCCC. The second-order valence-electron chi connectivity index (χ2n) is 13.9. The van der Waals surface area contributed by atoms with Gasteiger partial charge in [0, 0.05) is 0 Å². The molecule has 6 nitrogen and oxygen atoms in total. The van der Waals surface area contributed by atoms with Gasteiger partial charge in [0.2, 0.25) is 0 Å². The van der Waals surface area contributed by atoms with Crippen LogP contribution in [0.4, 0.5) is 0 Å². The van der Waals surface area contributed by atoms with Gasteiger partial charge in [-0.3, -0.25) is 0 Å². The van der Waals surface area contributed by atoms with Crippen LogP contribution < -0.4 is 11.5 Å². The Kier molecular flexibility index (Phi) is 33.9. The molecular formula is C40H78N2O4. The molecule has 6 heteroatoms. The van der Waals surface area contributed by atoms with Crippen molar-refractivity contribution < 1.29 is 19.4 Å². The quantitative estimate of drug-likeness (QED) is 0.0306. The van der Waals surface area contributed by atoms with Gasteiger partial charge in [-0.25, -0.2) is 19.4 Å². The normalized spacial score (nSPS) is 12.9. The molecule has 272 valence electrons. The van der Waals surface area contributed by atoms with Crippen LogP contribution in [0.5, 0.6) is 0 Å². The number of allylic oxidation sites excluding steroid dienone is 2. The third kappa shape index (κ3) is 30.0. The summed E-state index contributed by atoms with van der Waals surface area (Å²) in [5, 5.41) is 0. The van der Waals surface area contributed by atoms with Gasteiger partial charge in [0.25, 0.3) is 0 Å². The van der Waals surface area contributed by atoms with Gasteiger partial charge in [0.1, 0.15) is 5.54 Å². The Morgan fingerprint density at radius 2 is 0.870 bits per heavy atom. The molecule has 0 aromatic rings. The average molecular weight is 651 g/mol. The second-order valence-corrected chi connectivity index (χ2v) is 13.9. The fraction of sp³-hybridized carbons (Fsp3) is 0.900. The summed E-state index contributed by atoms with van der Waals surface area (Å²) in [7, 11) is 0. The summed E-state index contributed by atoms with van der Waals surface area (Å²) in [5.74, 6) is -1.12. The summed E-state index contributed by atoms with van der Waals surface area (Å²) >= 11 is 0. The Balaban J connectivity index is 3.97. The Hall–Kier alpha value is -1.40. The van der Waals surface area contributed by atoms with Crippen LogP contribution >= 0.6 is 0 Å². The molecule has 0 spiro atoms. The van der Waals surface area contributed by atoms with E-state index in [0.29, 0.717) is 19.4 Å². The first-order valence-electron chi connectivity index (χ1n) is 20.1. The maximum absolute atomic E-state index is 12.9. The maximum Gasteiger partial charge on any atom is 0.375 e. The molecule has 0 rings (SSSR count). The first kappa shape index (κ1) is 44.6. The summed E-state index contributed by atoms with van der Waals surface area (Å²) in [5.41, 5.74) is 11.1. The number of hydrogen-bond donors (Lipinski definition) is 2. The van der Waals surface area contributed by atoms with Crippen LogP contribution in [-0.4, -0.2) is 24.0 Å². The Morgan fingerprint density at radius 1 is 0.500 bits per heavy atom. The lowest BCUT2D eigenvalue weighted by Crippen LogP contribution is -2.49. The van der Waals surface area contributed by atoms with Gasteiger partial charge in [-0.2, -0.15) is 0 Å². The van der Waals surface area contributed by atoms with Gasteiger partial charge in [0.15, 0.2) is 0 Å². The molecular weight excluding hydrogens is 572 g/mol. The lowest BCUT2D eigenvalue weighted by molar-refractivity contribution is -0.263. The van der Waals surface area contributed by atoms with Crippen molar-refractivity contribution >= 4 is 11.9 Å². The first-order valence-corrected chi connectivity index (χ1v) is 20.1. The number of nitrogens with two attached hydrogens (primary N) is 2. The van der Waals surface area contributed by atoms with E-state index >= 15 is 0 Å². The molecule has 1 unspecified atom stereocenters. The predicted molar refractivity (Wildman–Crippen MR) is 196 cm³/mol. The lowest BCUT2D eigenvalue weighted by Gasteiger charge is -2.26. The van der Waals surface area contributed by atoms with Gasteiger partial charge < -0.3 is 11.5 Å². The fourth-order valence-electron chi connectivity index (χ4n) is 6.10. The molecule has 46 heavy (non-hydrogen) atoms. The van der Waals surface area contributed by atoms with E-state index in [0.717, 1.165) is 57.8 Å². The minimum Gasteiger partial charge on any atom is -0.330 e. The van der Waals surface area contributed by atoms with E-state index in [2.05, 4.69) is 26.0 Å². The van der Waals surface area contributed by atoms with Crippen LogP contribution in [0.1, 0.15) is 219 Å². The molecule has 1 atom stereocenters. The fourth-order valence-corrected chi connectivity index (χ4v) is 6.10. The monoisotopic (exact) mass is 651 g/mol. The van der Waals surface area contributed by atoms with Crippen molar-refractivity contribution in [3.63, 3.8) is 0 Å². The number of carbonyl (C=O) groups is 2. The Labute approximate surface area is 285 Å². The first-order chi connectivity index (χ1) is 22.5. The molecule has 0 fully saturated rings. The van der Waals surface area contributed by atoms with Crippen molar-refractivity contribution in [1.29, 1.82) is 0 Å². The van der Waals surface area contributed by atoms with E-state index in [-0.39, 0.29) is 6.42 Å². The summed E-state index contributed by atoms with van der Waals surface area (Å²) in [6.07, 6.45) is 41.1. The van der Waals surface area contributed by atoms with E-state index < -0.39 is 17.5 Å². The van der Waals surface area contributed by atoms with Crippen molar-refractivity contribution in [3.05, 3.63) is 12.2 Å². The number of unbranched alkanes of at least 4 members (excludes halogenated alkanes) is 25. The molecule has 0 bridgehead atoms. The van der Waals surface area contributed by atoms with Gasteiger partial charge >= 0.3 is 11.9 Å². The molecule has 0 amide bonds. The Bertz CT molecular complexity index is 699. The molecule has 0 aliphatic rings. The molecule has 0 heterocycles. The van der Waals surface area contributed by atoms with Crippen molar-refractivity contribution in [3.8, 4) is 0 Å². The summed E-state index contributed by atoms with van der Waals surface area (Å²) in [6, 6.07) is 0. The number of rotatable bonds is 35. The van der Waals surface area contributed by atoms with Crippen molar-refractivity contribution in [2.24, 2.45) is 11.5 Å². The minimum atomic E-state index is -1.13.